The van der Waals surface area contributed by atoms with Crippen LogP contribution in [0.1, 0.15) is 19.4 Å². The monoisotopic (exact) mass is 263 g/mol. The number of hydrogen-bond donors (Lipinski definition) is 2. The fraction of sp³-hybridized carbons (Fsp3) is 0.429. The summed E-state index contributed by atoms with van der Waals surface area (Å²) in [6.07, 6.45) is -0.0447. The topological polar surface area (TPSA) is 75.6 Å². The molecule has 1 aromatic carbocycles. The number of carbonyl (C=O) groups is 2. The first-order valence-electron chi connectivity index (χ1n) is 6.26. The largest absolute Gasteiger partial charge is 0.481 e. The lowest BCUT2D eigenvalue weighted by Gasteiger charge is -2.20. The fourth-order valence-corrected chi connectivity index (χ4v) is 1.98. The van der Waals surface area contributed by atoms with Crippen molar-refractivity contribution in [1.29, 1.82) is 0 Å². The fourth-order valence-electron chi connectivity index (χ4n) is 1.98. The lowest BCUT2D eigenvalue weighted by atomic mass is 10.0. The van der Waals surface area contributed by atoms with Crippen LogP contribution in [0.4, 0.5) is 0 Å². The van der Waals surface area contributed by atoms with Crippen LogP contribution >= 0.6 is 0 Å². The van der Waals surface area contributed by atoms with Gasteiger partial charge in [-0.25, -0.2) is 0 Å². The number of carboxylic acids is 1. The average molecular weight is 263 g/mol. The number of para-hydroxylation sites is 1. The molecule has 0 radical (unpaired) electrons. The summed E-state index contributed by atoms with van der Waals surface area (Å²) in [7, 11) is 0. The van der Waals surface area contributed by atoms with Crippen molar-refractivity contribution in [3.63, 3.8) is 0 Å². The molecule has 1 heterocycles. The molecule has 3 atom stereocenters. The first-order valence-corrected chi connectivity index (χ1v) is 6.26. The van der Waals surface area contributed by atoms with Gasteiger partial charge in [0.25, 0.3) is 5.91 Å². The van der Waals surface area contributed by atoms with E-state index < -0.39 is 24.0 Å². The molecule has 2 rings (SSSR count). The van der Waals surface area contributed by atoms with E-state index in [9.17, 15) is 9.59 Å². The zero-order chi connectivity index (χ0) is 14.0. The summed E-state index contributed by atoms with van der Waals surface area (Å²) in [4.78, 5) is 22.9. The van der Waals surface area contributed by atoms with Crippen LogP contribution in [0.25, 0.3) is 0 Å². The summed E-state index contributed by atoms with van der Waals surface area (Å²) in [6, 6.07) is 7.07. The highest BCUT2D eigenvalue weighted by Gasteiger charge is 2.31. The van der Waals surface area contributed by atoms with Crippen LogP contribution in [0.15, 0.2) is 24.3 Å². The molecule has 0 aliphatic carbocycles. The molecule has 0 spiro atoms. The van der Waals surface area contributed by atoms with Gasteiger partial charge in [-0.05, 0) is 25.5 Å². The summed E-state index contributed by atoms with van der Waals surface area (Å²) in [5, 5.41) is 11.6. The number of benzene rings is 1. The summed E-state index contributed by atoms with van der Waals surface area (Å²) < 4.78 is 5.55. The van der Waals surface area contributed by atoms with Crippen molar-refractivity contribution < 1.29 is 19.4 Å². The molecule has 0 saturated heterocycles. The van der Waals surface area contributed by atoms with Crippen molar-refractivity contribution in [3.05, 3.63) is 29.8 Å². The van der Waals surface area contributed by atoms with Crippen LogP contribution in [-0.2, 0) is 16.0 Å². The Labute approximate surface area is 111 Å². The molecular weight excluding hydrogens is 246 g/mol. The van der Waals surface area contributed by atoms with Crippen LogP contribution in [0.3, 0.4) is 0 Å². The molecule has 1 amide bonds. The number of amides is 1. The first-order chi connectivity index (χ1) is 8.99. The number of carboxylic acid groups (broad SMARTS) is 1. The van der Waals surface area contributed by atoms with Gasteiger partial charge in [0, 0.05) is 12.5 Å². The van der Waals surface area contributed by atoms with E-state index in [1.165, 1.54) is 0 Å². The predicted octanol–water partition coefficient (Wildman–Crippen LogP) is 1.22. The minimum atomic E-state index is -0.927. The maximum atomic E-state index is 12.0. The van der Waals surface area contributed by atoms with Crippen molar-refractivity contribution in [2.45, 2.75) is 32.4 Å². The smallest absolute Gasteiger partial charge is 0.308 e. The third-order valence-electron chi connectivity index (χ3n) is 3.45. The van der Waals surface area contributed by atoms with Gasteiger partial charge < -0.3 is 15.2 Å². The van der Waals surface area contributed by atoms with E-state index in [0.29, 0.717) is 6.42 Å². The number of carbonyl (C=O) groups excluding carboxylic acids is 1. The van der Waals surface area contributed by atoms with Crippen LogP contribution < -0.4 is 10.1 Å². The van der Waals surface area contributed by atoms with Crippen LogP contribution in [0, 0.1) is 5.92 Å². The Kier molecular flexibility index (Phi) is 3.74. The minimum absolute atomic E-state index is 0.267. The maximum Gasteiger partial charge on any atom is 0.308 e. The van der Waals surface area contributed by atoms with Gasteiger partial charge in [0.15, 0.2) is 6.10 Å². The van der Waals surface area contributed by atoms with Gasteiger partial charge in [-0.15, -0.1) is 0 Å². The Morgan fingerprint density at radius 3 is 2.68 bits per heavy atom. The molecule has 1 aromatic rings. The zero-order valence-corrected chi connectivity index (χ0v) is 10.9. The molecule has 1 aliphatic rings. The van der Waals surface area contributed by atoms with E-state index >= 15 is 0 Å². The molecule has 0 saturated carbocycles. The molecule has 5 heteroatoms. The Balaban J connectivity index is 1.95. The predicted molar refractivity (Wildman–Crippen MR) is 69.0 cm³/mol. The zero-order valence-electron chi connectivity index (χ0n) is 10.9. The molecule has 1 aliphatic heterocycles. The summed E-state index contributed by atoms with van der Waals surface area (Å²) >= 11 is 0. The Hall–Kier alpha value is -2.04. The number of fused-ring (bicyclic) bond motifs is 1. The Morgan fingerprint density at radius 2 is 2.05 bits per heavy atom. The second kappa shape index (κ2) is 5.30. The van der Waals surface area contributed by atoms with E-state index in [0.717, 1.165) is 11.3 Å². The molecule has 0 bridgehead atoms. The van der Waals surface area contributed by atoms with Crippen LogP contribution in [0.2, 0.25) is 0 Å². The van der Waals surface area contributed by atoms with Crippen LogP contribution in [0.5, 0.6) is 5.75 Å². The van der Waals surface area contributed by atoms with Crippen molar-refractivity contribution in [3.8, 4) is 5.75 Å². The Bertz CT molecular complexity index is 475. The van der Waals surface area contributed by atoms with E-state index in [4.69, 9.17) is 9.84 Å². The lowest BCUT2D eigenvalue weighted by molar-refractivity contribution is -0.142. The molecule has 19 heavy (non-hydrogen) atoms. The van der Waals surface area contributed by atoms with E-state index in [2.05, 4.69) is 5.32 Å². The van der Waals surface area contributed by atoms with Crippen molar-refractivity contribution in [1.82, 2.24) is 5.32 Å². The molecule has 3 unspecified atom stereocenters. The molecule has 2 N–H and O–H groups in total. The third-order valence-corrected chi connectivity index (χ3v) is 3.45. The number of rotatable bonds is 4. The number of ether oxygens (including phenoxy) is 1. The van der Waals surface area contributed by atoms with Gasteiger partial charge in [-0.2, -0.15) is 0 Å². The van der Waals surface area contributed by atoms with E-state index in [1.807, 2.05) is 24.3 Å². The van der Waals surface area contributed by atoms with Crippen molar-refractivity contribution in [2.75, 3.05) is 0 Å². The normalized spacial score (nSPS) is 20.0. The standard InChI is InChI=1S/C14H17NO4/c1-8(14(17)18)9(2)15-13(16)12-7-10-5-3-4-6-11(10)19-12/h3-6,8-9,12H,7H2,1-2H3,(H,15,16)(H,17,18). The SMILES string of the molecule is CC(NC(=O)C1Cc2ccccc2O1)C(C)C(=O)O. The maximum absolute atomic E-state index is 12.0. The first kappa shape index (κ1) is 13.4. The quantitative estimate of drug-likeness (QED) is 0.856. The molecule has 0 aromatic heterocycles. The highest BCUT2D eigenvalue weighted by atomic mass is 16.5. The Morgan fingerprint density at radius 1 is 1.37 bits per heavy atom. The van der Waals surface area contributed by atoms with Crippen molar-refractivity contribution in [2.24, 2.45) is 5.92 Å². The van der Waals surface area contributed by atoms with Gasteiger partial charge in [-0.3, -0.25) is 9.59 Å². The summed E-state index contributed by atoms with van der Waals surface area (Å²) in [5.74, 6) is -1.10. The number of aliphatic carboxylic acids is 1. The molecule has 0 fully saturated rings. The van der Waals surface area contributed by atoms with Crippen molar-refractivity contribution >= 4 is 11.9 Å². The van der Waals surface area contributed by atoms with Gasteiger partial charge in [-0.1, -0.05) is 18.2 Å². The van der Waals surface area contributed by atoms with Crippen LogP contribution in [-0.4, -0.2) is 29.1 Å². The van der Waals surface area contributed by atoms with E-state index in [-0.39, 0.29) is 5.91 Å². The van der Waals surface area contributed by atoms with Gasteiger partial charge in [0.1, 0.15) is 5.75 Å². The summed E-state index contributed by atoms with van der Waals surface area (Å²) in [5.41, 5.74) is 1.00. The molecule has 5 nitrogen and oxygen atoms in total. The summed E-state index contributed by atoms with van der Waals surface area (Å²) in [6.45, 7) is 3.25. The van der Waals surface area contributed by atoms with Gasteiger partial charge >= 0.3 is 5.97 Å². The van der Waals surface area contributed by atoms with Gasteiger partial charge in [0.05, 0.1) is 5.92 Å². The van der Waals surface area contributed by atoms with Gasteiger partial charge in [0.2, 0.25) is 0 Å². The molecular formula is C14H17NO4. The third kappa shape index (κ3) is 2.86. The number of hydrogen-bond acceptors (Lipinski definition) is 3. The lowest BCUT2D eigenvalue weighted by Crippen LogP contribution is -2.46. The van der Waals surface area contributed by atoms with E-state index in [1.54, 1.807) is 13.8 Å². The highest BCUT2D eigenvalue weighted by molar-refractivity contribution is 5.83. The number of nitrogens with one attached hydrogen (secondary N) is 1. The average Bonchev–Trinajstić information content (AvgIpc) is 2.81. The minimum Gasteiger partial charge on any atom is -0.481 e. The second-order valence-electron chi connectivity index (χ2n) is 4.84. The highest BCUT2D eigenvalue weighted by Crippen LogP contribution is 2.28. The molecule has 102 valence electrons. The second-order valence-corrected chi connectivity index (χ2v) is 4.84.